The second kappa shape index (κ2) is 8.68. The molecule has 1 N–H and O–H groups in total. The smallest absolute Gasteiger partial charge is 0.146 e. The van der Waals surface area contributed by atoms with E-state index < -0.39 is 0 Å². The molecule has 0 aromatic rings. The van der Waals surface area contributed by atoms with Crippen molar-refractivity contribution < 1.29 is 4.79 Å². The molecule has 1 aliphatic carbocycles. The van der Waals surface area contributed by atoms with Crippen LogP contribution in [0.1, 0.15) is 71.6 Å². The van der Waals surface area contributed by atoms with Crippen LogP contribution in [0.2, 0.25) is 0 Å². The lowest BCUT2D eigenvalue weighted by Crippen LogP contribution is -2.32. The van der Waals surface area contributed by atoms with Crippen LogP contribution in [-0.4, -0.2) is 18.4 Å². The Hall–Kier alpha value is -0.370. The van der Waals surface area contributed by atoms with Crippen LogP contribution in [0.3, 0.4) is 0 Å². The molecule has 1 rings (SSSR count). The molecular formula is C15H29NO. The fourth-order valence-corrected chi connectivity index (χ4v) is 2.73. The first kappa shape index (κ1) is 14.7. The van der Waals surface area contributed by atoms with Crippen molar-refractivity contribution in [3.63, 3.8) is 0 Å². The minimum Gasteiger partial charge on any atom is -0.307 e. The van der Waals surface area contributed by atoms with E-state index in [0.29, 0.717) is 24.3 Å². The molecule has 17 heavy (non-hydrogen) atoms. The van der Waals surface area contributed by atoms with Crippen LogP contribution in [0.15, 0.2) is 0 Å². The summed E-state index contributed by atoms with van der Waals surface area (Å²) in [5.74, 6) is 1.03. The number of unbranched alkanes of at least 4 members (excludes halogenated alkanes) is 1. The molecule has 0 heterocycles. The fraction of sp³-hybridized carbons (Fsp3) is 0.933. The standard InChI is InChI=1S/C15H29NO/c1-3-5-8-13(4-2)11-15(17)12-16-14-9-6-7-10-14/h13-14,16H,3-12H2,1-2H3. The Labute approximate surface area is 107 Å². The molecule has 1 saturated carbocycles. The zero-order valence-electron chi connectivity index (χ0n) is 11.6. The molecule has 0 radical (unpaired) electrons. The first-order valence-corrected chi connectivity index (χ1v) is 7.51. The molecule has 0 aromatic heterocycles. The third-order valence-electron chi connectivity index (χ3n) is 4.00. The highest BCUT2D eigenvalue weighted by Crippen LogP contribution is 2.19. The van der Waals surface area contributed by atoms with Gasteiger partial charge in [0, 0.05) is 12.5 Å². The van der Waals surface area contributed by atoms with Gasteiger partial charge in [0.05, 0.1) is 6.54 Å². The molecule has 1 atom stereocenters. The first-order chi connectivity index (χ1) is 8.26. The monoisotopic (exact) mass is 239 g/mol. The summed E-state index contributed by atoms with van der Waals surface area (Å²) in [5, 5.41) is 3.42. The van der Waals surface area contributed by atoms with Crippen LogP contribution in [0, 0.1) is 5.92 Å². The van der Waals surface area contributed by atoms with Crippen molar-refractivity contribution in [2.75, 3.05) is 6.54 Å². The maximum absolute atomic E-state index is 11.9. The van der Waals surface area contributed by atoms with E-state index in [-0.39, 0.29) is 0 Å². The molecule has 0 spiro atoms. The number of carbonyl (C=O) groups is 1. The topological polar surface area (TPSA) is 29.1 Å². The van der Waals surface area contributed by atoms with Gasteiger partial charge >= 0.3 is 0 Å². The minimum atomic E-state index is 0.417. The largest absolute Gasteiger partial charge is 0.307 e. The second-order valence-corrected chi connectivity index (χ2v) is 5.52. The number of Topliss-reactive ketones (excluding diaryl/α,β-unsaturated/α-hetero) is 1. The normalized spacial score (nSPS) is 18.5. The lowest BCUT2D eigenvalue weighted by atomic mass is 9.94. The Morgan fingerprint density at radius 1 is 1.29 bits per heavy atom. The molecular weight excluding hydrogens is 210 g/mol. The SMILES string of the molecule is CCCCC(CC)CC(=O)CNC1CCCC1. The van der Waals surface area contributed by atoms with E-state index in [1.165, 1.54) is 44.9 Å². The molecule has 1 fully saturated rings. The summed E-state index contributed by atoms with van der Waals surface area (Å²) in [6.45, 7) is 5.03. The molecule has 0 aromatic carbocycles. The van der Waals surface area contributed by atoms with Gasteiger partial charge in [0.1, 0.15) is 5.78 Å². The van der Waals surface area contributed by atoms with Crippen molar-refractivity contribution in [1.82, 2.24) is 5.32 Å². The van der Waals surface area contributed by atoms with Crippen LogP contribution in [0.5, 0.6) is 0 Å². The van der Waals surface area contributed by atoms with E-state index in [0.717, 1.165) is 12.8 Å². The van der Waals surface area contributed by atoms with Crippen LogP contribution in [-0.2, 0) is 4.79 Å². The van der Waals surface area contributed by atoms with Crippen molar-refractivity contribution in [2.24, 2.45) is 5.92 Å². The Balaban J connectivity index is 2.12. The molecule has 2 nitrogen and oxygen atoms in total. The van der Waals surface area contributed by atoms with E-state index in [1.54, 1.807) is 0 Å². The van der Waals surface area contributed by atoms with E-state index in [2.05, 4.69) is 19.2 Å². The van der Waals surface area contributed by atoms with Gasteiger partial charge in [-0.3, -0.25) is 4.79 Å². The number of nitrogens with one attached hydrogen (secondary N) is 1. The fourth-order valence-electron chi connectivity index (χ4n) is 2.73. The lowest BCUT2D eigenvalue weighted by molar-refractivity contribution is -0.119. The van der Waals surface area contributed by atoms with E-state index in [4.69, 9.17) is 0 Å². The molecule has 0 bridgehead atoms. The van der Waals surface area contributed by atoms with Gasteiger partial charge in [0.2, 0.25) is 0 Å². The lowest BCUT2D eigenvalue weighted by Gasteiger charge is -2.15. The van der Waals surface area contributed by atoms with Gasteiger partial charge in [0.15, 0.2) is 0 Å². The van der Waals surface area contributed by atoms with Crippen LogP contribution < -0.4 is 5.32 Å². The third kappa shape index (κ3) is 6.21. The second-order valence-electron chi connectivity index (χ2n) is 5.52. The Morgan fingerprint density at radius 2 is 2.00 bits per heavy atom. The molecule has 1 unspecified atom stereocenters. The summed E-state index contributed by atoms with van der Waals surface area (Å²) >= 11 is 0. The van der Waals surface area contributed by atoms with Gasteiger partial charge in [0.25, 0.3) is 0 Å². The maximum Gasteiger partial charge on any atom is 0.146 e. The number of rotatable bonds is 9. The van der Waals surface area contributed by atoms with Gasteiger partial charge in [-0.2, -0.15) is 0 Å². The summed E-state index contributed by atoms with van der Waals surface area (Å²) in [7, 11) is 0. The zero-order valence-corrected chi connectivity index (χ0v) is 11.6. The van der Waals surface area contributed by atoms with E-state index >= 15 is 0 Å². The molecule has 0 aliphatic heterocycles. The Bertz CT molecular complexity index is 209. The molecule has 0 amide bonds. The van der Waals surface area contributed by atoms with Crippen molar-refractivity contribution in [3.05, 3.63) is 0 Å². The number of carbonyl (C=O) groups excluding carboxylic acids is 1. The molecule has 100 valence electrons. The maximum atomic E-state index is 11.9. The summed E-state index contributed by atoms with van der Waals surface area (Å²) in [4.78, 5) is 11.9. The quantitative estimate of drug-likeness (QED) is 0.665. The number of ketones is 1. The highest BCUT2D eigenvalue weighted by Gasteiger charge is 2.16. The van der Waals surface area contributed by atoms with Crippen LogP contribution in [0.4, 0.5) is 0 Å². The van der Waals surface area contributed by atoms with Crippen molar-refractivity contribution in [3.8, 4) is 0 Å². The van der Waals surface area contributed by atoms with E-state index in [1.807, 2.05) is 0 Å². The number of hydrogen-bond acceptors (Lipinski definition) is 2. The predicted molar refractivity (Wildman–Crippen MR) is 73.2 cm³/mol. The van der Waals surface area contributed by atoms with Crippen molar-refractivity contribution >= 4 is 5.78 Å². The van der Waals surface area contributed by atoms with Gasteiger partial charge in [-0.25, -0.2) is 0 Å². The molecule has 2 heteroatoms. The van der Waals surface area contributed by atoms with Crippen LogP contribution >= 0.6 is 0 Å². The van der Waals surface area contributed by atoms with E-state index in [9.17, 15) is 4.79 Å². The first-order valence-electron chi connectivity index (χ1n) is 7.51. The Kier molecular flexibility index (Phi) is 7.50. The average molecular weight is 239 g/mol. The highest BCUT2D eigenvalue weighted by atomic mass is 16.1. The Morgan fingerprint density at radius 3 is 2.59 bits per heavy atom. The van der Waals surface area contributed by atoms with Crippen molar-refractivity contribution in [2.45, 2.75) is 77.7 Å². The molecule has 0 saturated heterocycles. The van der Waals surface area contributed by atoms with Gasteiger partial charge in [-0.15, -0.1) is 0 Å². The average Bonchev–Trinajstić information content (AvgIpc) is 2.85. The highest BCUT2D eigenvalue weighted by molar-refractivity contribution is 5.80. The third-order valence-corrected chi connectivity index (χ3v) is 4.00. The summed E-state index contributed by atoms with van der Waals surface area (Å²) in [6.07, 6.45) is 10.9. The zero-order chi connectivity index (χ0) is 12.5. The molecule has 1 aliphatic rings. The van der Waals surface area contributed by atoms with Crippen LogP contribution in [0.25, 0.3) is 0 Å². The van der Waals surface area contributed by atoms with Crippen molar-refractivity contribution in [1.29, 1.82) is 0 Å². The van der Waals surface area contributed by atoms with Gasteiger partial charge in [-0.1, -0.05) is 52.4 Å². The summed E-state index contributed by atoms with van der Waals surface area (Å²) < 4.78 is 0. The van der Waals surface area contributed by atoms with Gasteiger partial charge < -0.3 is 5.32 Å². The predicted octanol–water partition coefficient (Wildman–Crippen LogP) is 3.69. The number of hydrogen-bond donors (Lipinski definition) is 1. The summed E-state index contributed by atoms with van der Waals surface area (Å²) in [6, 6.07) is 0.620. The minimum absolute atomic E-state index is 0.417. The van der Waals surface area contributed by atoms with Gasteiger partial charge in [-0.05, 0) is 18.8 Å². The summed E-state index contributed by atoms with van der Waals surface area (Å²) in [5.41, 5.74) is 0.